The molecule has 4 fully saturated rings. The number of aromatic nitrogens is 3. The molecule has 0 atom stereocenters. The molecule has 5 aliphatic carbocycles. The van der Waals surface area contributed by atoms with Crippen molar-refractivity contribution in [3.8, 4) is 45.3 Å². The smallest absolute Gasteiger partial charge is 0.167 e. The fourth-order valence-electron chi connectivity index (χ4n) is 11.9. The van der Waals surface area contributed by atoms with Gasteiger partial charge in [-0.15, -0.1) is 0 Å². The minimum atomic E-state index is 0.0494. The van der Waals surface area contributed by atoms with Crippen LogP contribution in [0.5, 0.6) is 0 Å². The maximum absolute atomic E-state index is 6.55. The van der Waals surface area contributed by atoms with Gasteiger partial charge in [-0.3, -0.25) is 0 Å². The molecule has 0 unspecified atom stereocenters. The number of fused-ring (bicyclic) bond motifs is 9. The molecule has 54 heavy (non-hydrogen) atoms. The maximum atomic E-state index is 6.55. The number of rotatable bonds is 3. The number of hydrogen-bond acceptors (Lipinski definition) is 5. The van der Waals surface area contributed by atoms with E-state index in [2.05, 4.69) is 103 Å². The summed E-state index contributed by atoms with van der Waals surface area (Å²) >= 11 is 0. The highest BCUT2D eigenvalue weighted by Gasteiger charge is 2.61. The molecule has 3 aromatic heterocycles. The third kappa shape index (κ3) is 3.81. The minimum absolute atomic E-state index is 0.0494. The molecule has 4 saturated carbocycles. The molecule has 5 nitrogen and oxygen atoms in total. The van der Waals surface area contributed by atoms with Gasteiger partial charge in [-0.1, -0.05) is 97.1 Å². The average Bonchev–Trinajstić information content (AvgIpc) is 3.88. The van der Waals surface area contributed by atoms with E-state index in [0.29, 0.717) is 29.3 Å². The molecule has 0 aliphatic heterocycles. The van der Waals surface area contributed by atoms with Crippen molar-refractivity contribution in [3.63, 3.8) is 0 Å². The fraction of sp³-hybridized carbons (Fsp3) is 0.204. The van der Waals surface area contributed by atoms with E-state index in [9.17, 15) is 0 Å². The van der Waals surface area contributed by atoms with E-state index in [0.717, 1.165) is 72.4 Å². The first-order valence-corrected chi connectivity index (χ1v) is 19.5. The molecular weight excluding hydrogens is 663 g/mol. The van der Waals surface area contributed by atoms with Crippen molar-refractivity contribution < 1.29 is 8.83 Å². The molecule has 1 spiro atoms. The standard InChI is InChI=1S/C49H35N3O2/c1-4-16-40-32(9-1)33-20-19-29(26-41(33)49(40)30-22-27-21-28(24-30)25-31(49)23-27)46-50-47(38-14-7-12-36-34-10-2-5-17-42(34)53-44(36)38)52-48(51-46)39-15-8-13-37-35-11-3-6-18-43(35)54-45(37)39/h1-20,26-28,30-31H,21-25H2. The minimum Gasteiger partial charge on any atom is -0.455 e. The Bertz CT molecular complexity index is 2880. The molecule has 0 radical (unpaired) electrons. The summed E-state index contributed by atoms with van der Waals surface area (Å²) in [6, 6.07) is 45.3. The van der Waals surface area contributed by atoms with Crippen LogP contribution in [0.2, 0.25) is 0 Å². The van der Waals surface area contributed by atoms with Crippen LogP contribution in [0.25, 0.3) is 89.2 Å². The summed E-state index contributed by atoms with van der Waals surface area (Å²) in [4.78, 5) is 15.9. The van der Waals surface area contributed by atoms with Gasteiger partial charge in [0.25, 0.3) is 0 Å². The summed E-state index contributed by atoms with van der Waals surface area (Å²) in [6.07, 6.45) is 6.80. The average molecular weight is 698 g/mol. The number of furan rings is 2. The molecule has 14 rings (SSSR count). The summed E-state index contributed by atoms with van der Waals surface area (Å²) in [7, 11) is 0. The zero-order chi connectivity index (χ0) is 35.1. The van der Waals surface area contributed by atoms with Crippen LogP contribution in [0.4, 0.5) is 0 Å². The molecule has 5 aliphatic rings. The second kappa shape index (κ2) is 10.5. The summed E-state index contributed by atoms with van der Waals surface area (Å²) in [5.41, 5.74) is 11.8. The molecule has 5 heteroatoms. The Balaban J connectivity index is 1.06. The van der Waals surface area contributed by atoms with E-state index in [-0.39, 0.29) is 5.41 Å². The topological polar surface area (TPSA) is 65.0 Å². The number of nitrogens with zero attached hydrogens (tertiary/aromatic N) is 3. The van der Waals surface area contributed by atoms with Gasteiger partial charge in [0.2, 0.25) is 0 Å². The highest BCUT2D eigenvalue weighted by molar-refractivity contribution is 6.10. The molecule has 0 saturated heterocycles. The predicted octanol–water partition coefficient (Wildman–Crippen LogP) is 12.4. The monoisotopic (exact) mass is 697 g/mol. The lowest BCUT2D eigenvalue weighted by Crippen LogP contribution is -2.55. The van der Waals surface area contributed by atoms with Gasteiger partial charge in [0.1, 0.15) is 22.3 Å². The normalized spacial score (nSPS) is 23.6. The van der Waals surface area contributed by atoms with E-state index < -0.39 is 0 Å². The van der Waals surface area contributed by atoms with Crippen molar-refractivity contribution >= 4 is 43.9 Å². The summed E-state index contributed by atoms with van der Waals surface area (Å²) in [5, 5.41) is 4.25. The SMILES string of the molecule is c1ccc2c(c1)-c1ccc(-c3nc(-c4cccc5c4oc4ccccc45)nc(-c4cccc5c4oc4ccccc45)n3)cc1C21C2CC3CC(C2)CC1C3. The zero-order valence-corrected chi connectivity index (χ0v) is 29.6. The second-order valence-electron chi connectivity index (χ2n) is 16.3. The Labute approximate surface area is 311 Å². The van der Waals surface area contributed by atoms with Gasteiger partial charge in [0.15, 0.2) is 17.5 Å². The molecule has 258 valence electrons. The van der Waals surface area contributed by atoms with Crippen molar-refractivity contribution in [2.75, 3.05) is 0 Å². The highest BCUT2D eigenvalue weighted by atomic mass is 16.3. The van der Waals surface area contributed by atoms with Crippen LogP contribution < -0.4 is 0 Å². The van der Waals surface area contributed by atoms with Crippen LogP contribution in [-0.4, -0.2) is 15.0 Å². The van der Waals surface area contributed by atoms with E-state index in [1.807, 2.05) is 24.3 Å². The van der Waals surface area contributed by atoms with Crippen LogP contribution in [0.1, 0.15) is 43.2 Å². The van der Waals surface area contributed by atoms with Crippen LogP contribution in [-0.2, 0) is 5.41 Å². The van der Waals surface area contributed by atoms with E-state index in [4.69, 9.17) is 23.8 Å². The van der Waals surface area contributed by atoms with E-state index in [1.165, 1.54) is 48.8 Å². The van der Waals surface area contributed by atoms with Gasteiger partial charge >= 0.3 is 0 Å². The Morgan fingerprint density at radius 2 is 0.926 bits per heavy atom. The van der Waals surface area contributed by atoms with E-state index in [1.54, 1.807) is 5.56 Å². The Morgan fingerprint density at radius 1 is 0.426 bits per heavy atom. The number of benzene rings is 6. The first-order valence-electron chi connectivity index (χ1n) is 19.5. The van der Waals surface area contributed by atoms with Crippen molar-refractivity contribution in [1.82, 2.24) is 15.0 Å². The van der Waals surface area contributed by atoms with Crippen LogP contribution >= 0.6 is 0 Å². The quantitative estimate of drug-likeness (QED) is 0.184. The molecule has 3 heterocycles. The van der Waals surface area contributed by atoms with Crippen LogP contribution in [0.15, 0.2) is 136 Å². The van der Waals surface area contributed by atoms with Gasteiger partial charge in [-0.05, 0) is 108 Å². The third-order valence-electron chi connectivity index (χ3n) is 13.7. The van der Waals surface area contributed by atoms with Gasteiger partial charge < -0.3 is 8.83 Å². The predicted molar refractivity (Wildman–Crippen MR) is 214 cm³/mol. The van der Waals surface area contributed by atoms with Crippen molar-refractivity contribution in [3.05, 3.63) is 139 Å². The summed E-state index contributed by atoms with van der Waals surface area (Å²) in [5.74, 6) is 4.94. The fourth-order valence-corrected chi connectivity index (χ4v) is 11.9. The summed E-state index contributed by atoms with van der Waals surface area (Å²) in [6.45, 7) is 0. The Hall–Kier alpha value is -6.07. The molecule has 0 N–H and O–H groups in total. The number of hydrogen-bond donors (Lipinski definition) is 0. The molecule has 4 bridgehead atoms. The van der Waals surface area contributed by atoms with Crippen LogP contribution in [0.3, 0.4) is 0 Å². The van der Waals surface area contributed by atoms with Crippen molar-refractivity contribution in [2.45, 2.75) is 37.5 Å². The second-order valence-corrected chi connectivity index (χ2v) is 16.3. The highest BCUT2D eigenvalue weighted by Crippen LogP contribution is 2.69. The van der Waals surface area contributed by atoms with Crippen molar-refractivity contribution in [2.24, 2.45) is 23.7 Å². The molecular formula is C49H35N3O2. The zero-order valence-electron chi connectivity index (χ0n) is 29.6. The lowest BCUT2D eigenvalue weighted by Gasteiger charge is -2.61. The van der Waals surface area contributed by atoms with Gasteiger partial charge in [-0.2, -0.15) is 0 Å². The first kappa shape index (κ1) is 29.4. The van der Waals surface area contributed by atoms with Gasteiger partial charge in [0.05, 0.1) is 11.1 Å². The molecule has 6 aromatic carbocycles. The Kier molecular flexibility index (Phi) is 5.74. The van der Waals surface area contributed by atoms with Crippen LogP contribution in [0, 0.1) is 23.7 Å². The summed E-state index contributed by atoms with van der Waals surface area (Å²) < 4.78 is 13.1. The Morgan fingerprint density at radius 3 is 1.56 bits per heavy atom. The lowest BCUT2D eigenvalue weighted by atomic mass is 9.43. The maximum Gasteiger partial charge on any atom is 0.167 e. The first-order chi connectivity index (χ1) is 26.7. The third-order valence-corrected chi connectivity index (χ3v) is 13.7. The van der Waals surface area contributed by atoms with E-state index >= 15 is 0 Å². The van der Waals surface area contributed by atoms with Crippen molar-refractivity contribution in [1.29, 1.82) is 0 Å². The molecule has 9 aromatic rings. The largest absolute Gasteiger partial charge is 0.455 e. The molecule has 0 amide bonds. The van der Waals surface area contributed by atoms with Gasteiger partial charge in [-0.25, -0.2) is 15.0 Å². The van der Waals surface area contributed by atoms with Gasteiger partial charge in [0, 0.05) is 32.5 Å². The number of para-hydroxylation sites is 4. The lowest BCUT2D eigenvalue weighted by molar-refractivity contribution is -0.0399.